The first-order chi connectivity index (χ1) is 6.19. The van der Waals surface area contributed by atoms with Crippen LogP contribution >= 0.6 is 15.9 Å². The van der Waals surface area contributed by atoms with E-state index in [2.05, 4.69) is 15.9 Å². The number of methoxy groups -OCH3 is 1. The molecule has 0 aliphatic rings. The summed E-state index contributed by atoms with van der Waals surface area (Å²) < 4.78 is 19.0. The van der Waals surface area contributed by atoms with Crippen LogP contribution in [0.15, 0.2) is 22.7 Å². The average molecular weight is 248 g/mol. The van der Waals surface area contributed by atoms with E-state index in [1.807, 2.05) is 0 Å². The van der Waals surface area contributed by atoms with Crippen LogP contribution in [0.3, 0.4) is 0 Å². The quantitative estimate of drug-likeness (QED) is 0.891. The lowest BCUT2D eigenvalue weighted by molar-refractivity contribution is 0.349. The Morgan fingerprint density at radius 3 is 2.85 bits per heavy atom. The summed E-state index contributed by atoms with van der Waals surface area (Å²) in [5.74, 6) is 0.619. The third kappa shape index (κ3) is 2.42. The van der Waals surface area contributed by atoms with Crippen molar-refractivity contribution in [3.05, 3.63) is 28.2 Å². The van der Waals surface area contributed by atoms with Crippen LogP contribution in [-0.2, 0) is 0 Å². The Balaban J connectivity index is 2.99. The van der Waals surface area contributed by atoms with Crippen molar-refractivity contribution in [2.24, 2.45) is 5.73 Å². The summed E-state index contributed by atoms with van der Waals surface area (Å²) in [7, 11) is 1.54. The van der Waals surface area contributed by atoms with Gasteiger partial charge in [0.2, 0.25) is 0 Å². The molecule has 0 saturated carbocycles. The van der Waals surface area contributed by atoms with Crippen LogP contribution < -0.4 is 10.5 Å². The lowest BCUT2D eigenvalue weighted by Crippen LogP contribution is -2.07. The molecule has 0 aromatic heterocycles. The molecule has 1 unspecified atom stereocenters. The third-order valence-electron chi connectivity index (χ3n) is 1.74. The first kappa shape index (κ1) is 10.5. The Hall–Kier alpha value is -0.610. The summed E-state index contributed by atoms with van der Waals surface area (Å²) in [6.45, 7) is -0.00914. The van der Waals surface area contributed by atoms with Crippen LogP contribution in [0.1, 0.15) is 11.7 Å². The van der Waals surface area contributed by atoms with Crippen molar-refractivity contribution < 1.29 is 9.13 Å². The van der Waals surface area contributed by atoms with E-state index in [1.54, 1.807) is 25.3 Å². The molecular weight excluding hydrogens is 237 g/mol. The summed E-state index contributed by atoms with van der Waals surface area (Å²) >= 11 is 3.28. The molecule has 4 heteroatoms. The van der Waals surface area contributed by atoms with E-state index >= 15 is 0 Å². The second-order valence-corrected chi connectivity index (χ2v) is 3.45. The van der Waals surface area contributed by atoms with Crippen LogP contribution in [0.25, 0.3) is 0 Å². The molecule has 0 fully saturated rings. The van der Waals surface area contributed by atoms with Crippen molar-refractivity contribution >= 4 is 15.9 Å². The van der Waals surface area contributed by atoms with Crippen LogP contribution in [0.5, 0.6) is 5.75 Å². The standard InChI is InChI=1S/C9H11BrFNO/c1-13-9-4-6(8(11)5-12)2-3-7(9)10/h2-4,8H,5,12H2,1H3. The second-order valence-electron chi connectivity index (χ2n) is 2.60. The van der Waals surface area contributed by atoms with Gasteiger partial charge < -0.3 is 10.5 Å². The van der Waals surface area contributed by atoms with Crippen molar-refractivity contribution in [2.75, 3.05) is 13.7 Å². The van der Waals surface area contributed by atoms with Crippen LogP contribution in [0, 0.1) is 0 Å². The molecule has 2 nitrogen and oxygen atoms in total. The van der Waals surface area contributed by atoms with Gasteiger partial charge in [-0.2, -0.15) is 0 Å². The molecular formula is C9H11BrFNO. The first-order valence-electron chi connectivity index (χ1n) is 3.86. The van der Waals surface area contributed by atoms with Crippen molar-refractivity contribution in [1.29, 1.82) is 0 Å². The maximum absolute atomic E-state index is 13.1. The smallest absolute Gasteiger partial charge is 0.137 e. The number of ether oxygens (including phenoxy) is 1. The summed E-state index contributed by atoms with van der Waals surface area (Å²) in [4.78, 5) is 0. The topological polar surface area (TPSA) is 35.2 Å². The molecule has 2 N–H and O–H groups in total. The lowest BCUT2D eigenvalue weighted by Gasteiger charge is -2.08. The minimum Gasteiger partial charge on any atom is -0.496 e. The second kappa shape index (κ2) is 4.58. The molecule has 0 spiro atoms. The third-order valence-corrected chi connectivity index (χ3v) is 2.40. The molecule has 1 aromatic carbocycles. The SMILES string of the molecule is COc1cc(C(F)CN)ccc1Br. The summed E-state index contributed by atoms with van der Waals surface area (Å²) in [5.41, 5.74) is 5.75. The summed E-state index contributed by atoms with van der Waals surface area (Å²) in [6.07, 6.45) is -1.12. The molecule has 0 saturated heterocycles. The molecule has 0 radical (unpaired) electrons. The van der Waals surface area contributed by atoms with Gasteiger partial charge in [-0.1, -0.05) is 6.07 Å². The molecule has 13 heavy (non-hydrogen) atoms. The molecule has 0 amide bonds. The van der Waals surface area contributed by atoms with E-state index in [9.17, 15) is 4.39 Å². The van der Waals surface area contributed by atoms with Gasteiger partial charge in [0.15, 0.2) is 0 Å². The fraction of sp³-hybridized carbons (Fsp3) is 0.333. The van der Waals surface area contributed by atoms with Gasteiger partial charge in [-0.15, -0.1) is 0 Å². The van der Waals surface area contributed by atoms with E-state index in [1.165, 1.54) is 0 Å². The Morgan fingerprint density at radius 1 is 1.62 bits per heavy atom. The highest BCUT2D eigenvalue weighted by Crippen LogP contribution is 2.28. The van der Waals surface area contributed by atoms with E-state index < -0.39 is 6.17 Å². The molecule has 0 aliphatic carbocycles. The van der Waals surface area contributed by atoms with Crippen molar-refractivity contribution in [2.45, 2.75) is 6.17 Å². The minimum absolute atomic E-state index is 0.00914. The van der Waals surface area contributed by atoms with Crippen molar-refractivity contribution in [3.8, 4) is 5.75 Å². The van der Waals surface area contributed by atoms with Gasteiger partial charge in [0, 0.05) is 6.54 Å². The van der Waals surface area contributed by atoms with E-state index in [0.29, 0.717) is 11.3 Å². The fourth-order valence-electron chi connectivity index (χ4n) is 1.01. The van der Waals surface area contributed by atoms with Gasteiger partial charge in [-0.05, 0) is 33.6 Å². The Kier molecular flexibility index (Phi) is 3.69. The van der Waals surface area contributed by atoms with Gasteiger partial charge in [-0.25, -0.2) is 4.39 Å². The van der Waals surface area contributed by atoms with E-state index in [-0.39, 0.29) is 6.54 Å². The Bertz CT molecular complexity index is 293. The zero-order valence-corrected chi connectivity index (χ0v) is 8.84. The van der Waals surface area contributed by atoms with E-state index in [0.717, 1.165) is 4.47 Å². The fourth-order valence-corrected chi connectivity index (χ4v) is 1.42. The highest BCUT2D eigenvalue weighted by atomic mass is 79.9. The minimum atomic E-state index is -1.12. The molecule has 1 rings (SSSR count). The summed E-state index contributed by atoms with van der Waals surface area (Å²) in [5, 5.41) is 0. The number of halogens is 2. The lowest BCUT2D eigenvalue weighted by atomic mass is 10.1. The van der Waals surface area contributed by atoms with Gasteiger partial charge in [-0.3, -0.25) is 0 Å². The molecule has 1 atom stereocenters. The monoisotopic (exact) mass is 247 g/mol. The first-order valence-corrected chi connectivity index (χ1v) is 4.66. The molecule has 0 bridgehead atoms. The maximum atomic E-state index is 13.1. The number of hydrogen-bond donors (Lipinski definition) is 1. The highest BCUT2D eigenvalue weighted by molar-refractivity contribution is 9.10. The normalized spacial score (nSPS) is 12.6. The average Bonchev–Trinajstić information content (AvgIpc) is 2.17. The zero-order valence-electron chi connectivity index (χ0n) is 7.26. The Labute approximate surface area is 85.0 Å². The number of hydrogen-bond acceptors (Lipinski definition) is 2. The number of nitrogens with two attached hydrogens (primary N) is 1. The largest absolute Gasteiger partial charge is 0.496 e. The summed E-state index contributed by atoms with van der Waals surface area (Å²) in [6, 6.07) is 5.07. The van der Waals surface area contributed by atoms with Gasteiger partial charge >= 0.3 is 0 Å². The predicted molar refractivity (Wildman–Crippen MR) is 53.6 cm³/mol. The van der Waals surface area contributed by atoms with Crippen molar-refractivity contribution in [1.82, 2.24) is 0 Å². The molecule has 1 aromatic rings. The molecule has 72 valence electrons. The van der Waals surface area contributed by atoms with Crippen molar-refractivity contribution in [3.63, 3.8) is 0 Å². The van der Waals surface area contributed by atoms with Crippen LogP contribution in [-0.4, -0.2) is 13.7 Å². The van der Waals surface area contributed by atoms with Gasteiger partial charge in [0.25, 0.3) is 0 Å². The van der Waals surface area contributed by atoms with Gasteiger partial charge in [0.05, 0.1) is 11.6 Å². The van der Waals surface area contributed by atoms with Crippen LogP contribution in [0.2, 0.25) is 0 Å². The van der Waals surface area contributed by atoms with Gasteiger partial charge in [0.1, 0.15) is 11.9 Å². The Morgan fingerprint density at radius 2 is 2.31 bits per heavy atom. The zero-order chi connectivity index (χ0) is 9.84. The molecule has 0 heterocycles. The number of benzene rings is 1. The maximum Gasteiger partial charge on any atom is 0.137 e. The number of alkyl halides is 1. The van der Waals surface area contributed by atoms with Crippen LogP contribution in [0.4, 0.5) is 4.39 Å². The highest BCUT2D eigenvalue weighted by Gasteiger charge is 2.09. The number of rotatable bonds is 3. The predicted octanol–water partition coefficient (Wildman–Crippen LogP) is 2.43. The van der Waals surface area contributed by atoms with E-state index in [4.69, 9.17) is 10.5 Å². The molecule has 0 aliphatic heterocycles.